The molecule has 2 atom stereocenters. The zero-order chi connectivity index (χ0) is 17.7. The van der Waals surface area contributed by atoms with Crippen LogP contribution in [0.25, 0.3) is 0 Å². The lowest BCUT2D eigenvalue weighted by molar-refractivity contribution is -0.137. The Morgan fingerprint density at radius 1 is 1.22 bits per heavy atom. The van der Waals surface area contributed by atoms with Crippen molar-refractivity contribution in [2.75, 3.05) is 0 Å². The van der Waals surface area contributed by atoms with E-state index in [2.05, 4.69) is 59.6 Å². The van der Waals surface area contributed by atoms with Gasteiger partial charge in [0, 0.05) is 17.3 Å². The Morgan fingerprint density at radius 2 is 1.91 bits per heavy atom. The maximum atomic E-state index is 10.3. The third-order valence-electron chi connectivity index (χ3n) is 2.61. The summed E-state index contributed by atoms with van der Waals surface area (Å²) >= 11 is 9.84. The van der Waals surface area contributed by atoms with Crippen molar-refractivity contribution < 1.29 is 20.1 Å². The minimum atomic E-state index is -0.978. The maximum absolute atomic E-state index is 10.3. The number of carboxylic acid groups (broad SMARTS) is 1. The van der Waals surface area contributed by atoms with Gasteiger partial charge in [0.25, 0.3) is 0 Å². The van der Waals surface area contributed by atoms with Gasteiger partial charge in [0.05, 0.1) is 15.6 Å². The quantitative estimate of drug-likeness (QED) is 0.245. The molecular weight excluding hydrogens is 496 g/mol. The van der Waals surface area contributed by atoms with E-state index < -0.39 is 18.2 Å². The van der Waals surface area contributed by atoms with Crippen molar-refractivity contribution in [3.8, 4) is 11.8 Å². The second-order valence-corrected chi connectivity index (χ2v) is 8.27. The van der Waals surface area contributed by atoms with Crippen molar-refractivity contribution in [3.63, 3.8) is 0 Å². The summed E-state index contributed by atoms with van der Waals surface area (Å²) in [6.45, 7) is 0. The summed E-state index contributed by atoms with van der Waals surface area (Å²) < 4.78 is 1.67. The van der Waals surface area contributed by atoms with E-state index in [1.165, 1.54) is 12.2 Å². The molecule has 0 saturated heterocycles. The predicted octanol–water partition coefficient (Wildman–Crippen LogP) is 4.21. The normalized spacial score (nSPS) is 14.0. The van der Waals surface area contributed by atoms with E-state index in [4.69, 9.17) is 5.11 Å². The Labute approximate surface area is 161 Å². The van der Waals surface area contributed by atoms with Crippen LogP contribution in [-0.4, -0.2) is 33.5 Å². The Balaban J connectivity index is 4.08. The van der Waals surface area contributed by atoms with Crippen LogP contribution in [0.3, 0.4) is 0 Å². The Hall–Kier alpha value is -0.390. The first kappa shape index (κ1) is 22.6. The molecule has 3 N–H and O–H groups in total. The fourth-order valence-electron chi connectivity index (χ4n) is 1.46. The van der Waals surface area contributed by atoms with Gasteiger partial charge in [-0.15, -0.1) is 0 Å². The number of rotatable bonds is 9. The zero-order valence-electron chi connectivity index (χ0n) is 12.4. The summed E-state index contributed by atoms with van der Waals surface area (Å²) in [7, 11) is 0. The first-order valence-corrected chi connectivity index (χ1v) is 9.32. The second kappa shape index (κ2) is 14.0. The van der Waals surface area contributed by atoms with Gasteiger partial charge in [-0.2, -0.15) is 0 Å². The molecule has 0 radical (unpaired) electrons. The minimum absolute atomic E-state index is 0.101. The highest BCUT2D eigenvalue weighted by Crippen LogP contribution is 2.20. The number of aliphatic carboxylic acids is 1. The molecule has 0 heterocycles. The van der Waals surface area contributed by atoms with Crippen molar-refractivity contribution in [2.24, 2.45) is 0 Å². The van der Waals surface area contributed by atoms with Crippen LogP contribution in [0.1, 0.15) is 32.1 Å². The summed E-state index contributed by atoms with van der Waals surface area (Å²) in [6, 6.07) is 0. The first-order valence-electron chi connectivity index (χ1n) is 6.94. The van der Waals surface area contributed by atoms with Crippen LogP contribution >= 0.6 is 47.8 Å². The highest BCUT2D eigenvalue weighted by Gasteiger charge is 2.11. The lowest BCUT2D eigenvalue weighted by atomic mass is 10.1. The van der Waals surface area contributed by atoms with Crippen LogP contribution in [0.5, 0.6) is 0 Å². The summed E-state index contributed by atoms with van der Waals surface area (Å²) in [5.74, 6) is 4.66. The third-order valence-corrected chi connectivity index (χ3v) is 3.62. The van der Waals surface area contributed by atoms with E-state index in [-0.39, 0.29) is 6.42 Å². The fourth-order valence-corrected chi connectivity index (χ4v) is 3.03. The zero-order valence-corrected chi connectivity index (χ0v) is 17.1. The average Bonchev–Trinajstić information content (AvgIpc) is 2.44. The van der Waals surface area contributed by atoms with E-state index >= 15 is 0 Å². The van der Waals surface area contributed by atoms with Crippen LogP contribution < -0.4 is 0 Å². The lowest BCUT2D eigenvalue weighted by Crippen LogP contribution is -2.23. The van der Waals surface area contributed by atoms with E-state index in [0.717, 1.165) is 7.87 Å². The standard InChI is InChI=1S/C16H19Br3O4/c17-12(11-15(18)19)7-6-9-14(21)13(20)8-4-2-1-3-5-10-16(22)23/h4,7-8,11,13-14,20-21H,3,5-6,9-10H2,(H,22,23)/b8-4+,12-7+/t13-,14-/m0/s1. The molecule has 23 heavy (non-hydrogen) atoms. The van der Waals surface area contributed by atoms with E-state index in [1.54, 1.807) is 0 Å². The molecule has 7 heteroatoms. The number of allylic oxidation sites excluding steroid dienone is 4. The number of carbonyl (C=O) groups is 1. The van der Waals surface area contributed by atoms with Gasteiger partial charge in [-0.1, -0.05) is 33.8 Å². The number of carboxylic acids is 1. The summed E-state index contributed by atoms with van der Waals surface area (Å²) in [4.78, 5) is 10.3. The second-order valence-electron chi connectivity index (χ2n) is 4.59. The minimum Gasteiger partial charge on any atom is -0.481 e. The number of unbranched alkanes of at least 4 members (excludes halogenated alkanes) is 1. The molecule has 0 saturated carbocycles. The molecular formula is C16H19Br3O4. The van der Waals surface area contributed by atoms with Gasteiger partial charge in [-0.3, -0.25) is 4.79 Å². The van der Waals surface area contributed by atoms with Gasteiger partial charge >= 0.3 is 5.97 Å². The SMILES string of the molecule is O=C(O)CCCC#C/C=C/[C@H](O)[C@@H](O)CC/C=C(/Br)C=C(Br)Br. The number of halogens is 3. The molecule has 0 aliphatic carbocycles. The number of hydrogen-bond donors (Lipinski definition) is 3. The number of aliphatic hydroxyl groups is 2. The van der Waals surface area contributed by atoms with Crippen molar-refractivity contribution in [1.82, 2.24) is 0 Å². The Kier molecular flexibility index (Phi) is 13.8. The fraction of sp³-hybridized carbons (Fsp3) is 0.438. The smallest absolute Gasteiger partial charge is 0.303 e. The Bertz CT molecular complexity index is 511. The van der Waals surface area contributed by atoms with E-state index in [0.29, 0.717) is 25.7 Å². The van der Waals surface area contributed by atoms with Crippen molar-refractivity contribution >= 4 is 53.8 Å². The highest BCUT2D eigenvalue weighted by molar-refractivity contribution is 9.28. The van der Waals surface area contributed by atoms with Crippen molar-refractivity contribution in [2.45, 2.75) is 44.3 Å². The summed E-state index contributed by atoms with van der Waals surface area (Å²) in [5.41, 5.74) is 0. The maximum Gasteiger partial charge on any atom is 0.303 e. The van der Waals surface area contributed by atoms with Gasteiger partial charge in [0.2, 0.25) is 0 Å². The van der Waals surface area contributed by atoms with Crippen molar-refractivity contribution in [3.05, 3.63) is 32.2 Å². The average molecular weight is 515 g/mol. The molecule has 0 aromatic heterocycles. The summed E-state index contributed by atoms with van der Waals surface area (Å²) in [5, 5.41) is 28.0. The molecule has 0 aliphatic heterocycles. The highest BCUT2D eigenvalue weighted by atomic mass is 79.9. The van der Waals surface area contributed by atoms with Crippen LogP contribution in [0.15, 0.2) is 32.2 Å². The lowest BCUT2D eigenvalue weighted by Gasteiger charge is -2.12. The molecule has 0 rings (SSSR count). The van der Waals surface area contributed by atoms with Gasteiger partial charge in [0.1, 0.15) is 0 Å². The molecule has 0 amide bonds. The molecule has 0 aliphatic rings. The molecule has 0 aromatic carbocycles. The number of aliphatic hydroxyl groups excluding tert-OH is 2. The van der Waals surface area contributed by atoms with E-state index in [1.807, 2.05) is 12.2 Å². The Morgan fingerprint density at radius 3 is 2.52 bits per heavy atom. The van der Waals surface area contributed by atoms with Gasteiger partial charge in [-0.05, 0) is 69.4 Å². The topological polar surface area (TPSA) is 77.8 Å². The first-order chi connectivity index (χ1) is 10.8. The molecule has 4 nitrogen and oxygen atoms in total. The monoisotopic (exact) mass is 512 g/mol. The molecule has 128 valence electrons. The van der Waals surface area contributed by atoms with Gasteiger partial charge in [0.15, 0.2) is 0 Å². The van der Waals surface area contributed by atoms with Gasteiger partial charge in [-0.25, -0.2) is 0 Å². The largest absolute Gasteiger partial charge is 0.481 e. The molecule has 0 bridgehead atoms. The predicted molar refractivity (Wildman–Crippen MR) is 103 cm³/mol. The molecule has 0 aromatic rings. The molecule has 0 spiro atoms. The van der Waals surface area contributed by atoms with E-state index in [9.17, 15) is 15.0 Å². The molecule has 0 fully saturated rings. The summed E-state index contributed by atoms with van der Waals surface area (Å²) in [6.07, 6.45) is 6.90. The van der Waals surface area contributed by atoms with Gasteiger partial charge < -0.3 is 15.3 Å². The number of hydrogen-bond acceptors (Lipinski definition) is 3. The van der Waals surface area contributed by atoms with Crippen LogP contribution in [0, 0.1) is 11.8 Å². The van der Waals surface area contributed by atoms with Crippen molar-refractivity contribution in [1.29, 1.82) is 0 Å². The van der Waals surface area contributed by atoms with Crippen LogP contribution in [-0.2, 0) is 4.79 Å². The van der Waals surface area contributed by atoms with Crippen LogP contribution in [0.4, 0.5) is 0 Å². The van der Waals surface area contributed by atoms with Crippen LogP contribution in [0.2, 0.25) is 0 Å². The molecule has 0 unspecified atom stereocenters. The third kappa shape index (κ3) is 14.9.